The van der Waals surface area contributed by atoms with E-state index in [1.54, 1.807) is 11.3 Å². The molecule has 4 nitrogen and oxygen atoms in total. The number of hydrogen-bond acceptors (Lipinski definition) is 3. The first kappa shape index (κ1) is 21.1. The SMILES string of the molecule is CN=C(NCCNC(C)(C)C)N(C)Cc1ccc(Br)s1.I. The molecular formula is C14H26BrIN4S. The molecule has 1 aromatic heterocycles. The minimum atomic E-state index is 0. The summed E-state index contributed by atoms with van der Waals surface area (Å²) in [7, 11) is 3.88. The van der Waals surface area contributed by atoms with Crippen LogP contribution in [0.5, 0.6) is 0 Å². The Bertz CT molecular complexity index is 442. The second kappa shape index (κ2) is 10.0. The van der Waals surface area contributed by atoms with Crippen LogP contribution in [0.4, 0.5) is 0 Å². The molecule has 1 rings (SSSR count). The van der Waals surface area contributed by atoms with Crippen LogP contribution >= 0.6 is 51.2 Å². The van der Waals surface area contributed by atoms with Crippen molar-refractivity contribution in [3.05, 3.63) is 20.8 Å². The Kier molecular flexibility index (Phi) is 10.1. The Morgan fingerprint density at radius 3 is 2.48 bits per heavy atom. The number of aliphatic imine (C=N–C) groups is 1. The largest absolute Gasteiger partial charge is 0.355 e. The average Bonchev–Trinajstić information content (AvgIpc) is 2.73. The zero-order valence-electron chi connectivity index (χ0n) is 13.4. The standard InChI is InChI=1S/C14H25BrN4S.HI/c1-14(2,3)18-9-8-17-13(16-4)19(5)10-11-6-7-12(15)20-11;/h6-7,18H,8-10H2,1-5H3,(H,16,17);1H. The summed E-state index contributed by atoms with van der Waals surface area (Å²) in [6.45, 7) is 9.15. The maximum absolute atomic E-state index is 4.32. The zero-order valence-corrected chi connectivity index (χ0v) is 18.1. The number of nitrogens with zero attached hydrogens (tertiary/aromatic N) is 2. The van der Waals surface area contributed by atoms with Crippen LogP contribution in [0.2, 0.25) is 0 Å². The van der Waals surface area contributed by atoms with Crippen molar-refractivity contribution in [2.75, 3.05) is 27.2 Å². The van der Waals surface area contributed by atoms with Gasteiger partial charge in [0.05, 0.1) is 10.3 Å². The predicted octanol–water partition coefficient (Wildman–Crippen LogP) is 3.52. The van der Waals surface area contributed by atoms with Crippen molar-refractivity contribution in [2.24, 2.45) is 4.99 Å². The number of thiophene rings is 1. The van der Waals surface area contributed by atoms with E-state index in [-0.39, 0.29) is 29.5 Å². The molecule has 1 heterocycles. The van der Waals surface area contributed by atoms with Crippen LogP contribution in [0, 0.1) is 0 Å². The van der Waals surface area contributed by atoms with E-state index < -0.39 is 0 Å². The van der Waals surface area contributed by atoms with Gasteiger partial charge in [-0.05, 0) is 48.8 Å². The summed E-state index contributed by atoms with van der Waals surface area (Å²) in [5, 5.41) is 6.83. The van der Waals surface area contributed by atoms with Gasteiger partial charge in [0.1, 0.15) is 0 Å². The van der Waals surface area contributed by atoms with Crippen LogP contribution in [0.1, 0.15) is 25.6 Å². The van der Waals surface area contributed by atoms with Crippen molar-refractivity contribution in [1.29, 1.82) is 0 Å². The number of guanidine groups is 1. The summed E-state index contributed by atoms with van der Waals surface area (Å²) in [4.78, 5) is 7.77. The van der Waals surface area contributed by atoms with Gasteiger partial charge in [-0.2, -0.15) is 0 Å². The summed E-state index contributed by atoms with van der Waals surface area (Å²) < 4.78 is 1.17. The first-order valence-corrected chi connectivity index (χ1v) is 8.34. The van der Waals surface area contributed by atoms with Gasteiger partial charge in [-0.1, -0.05) is 0 Å². The molecule has 21 heavy (non-hydrogen) atoms. The maximum atomic E-state index is 4.32. The van der Waals surface area contributed by atoms with Crippen molar-refractivity contribution in [3.8, 4) is 0 Å². The molecule has 0 saturated heterocycles. The van der Waals surface area contributed by atoms with Crippen LogP contribution in [-0.4, -0.2) is 43.6 Å². The van der Waals surface area contributed by atoms with Crippen molar-refractivity contribution in [1.82, 2.24) is 15.5 Å². The normalized spacial score (nSPS) is 12.0. The summed E-state index contributed by atoms with van der Waals surface area (Å²) in [5.41, 5.74) is 0.153. The number of halogens is 2. The molecule has 2 N–H and O–H groups in total. The van der Waals surface area contributed by atoms with Gasteiger partial charge in [0.15, 0.2) is 5.96 Å². The third-order valence-corrected chi connectivity index (χ3v) is 4.27. The van der Waals surface area contributed by atoms with Crippen molar-refractivity contribution >= 4 is 57.2 Å². The Hall–Kier alpha value is 0.140. The molecular weight excluding hydrogens is 463 g/mol. The summed E-state index contributed by atoms with van der Waals surface area (Å²) in [6, 6.07) is 4.22. The van der Waals surface area contributed by atoms with E-state index in [1.807, 2.05) is 7.05 Å². The summed E-state index contributed by atoms with van der Waals surface area (Å²) >= 11 is 5.25. The Labute approximate surface area is 157 Å². The Morgan fingerprint density at radius 1 is 1.33 bits per heavy atom. The molecule has 0 aliphatic carbocycles. The molecule has 0 radical (unpaired) electrons. The van der Waals surface area contributed by atoms with Gasteiger partial charge in [0.2, 0.25) is 0 Å². The molecule has 0 saturated carbocycles. The fourth-order valence-electron chi connectivity index (χ4n) is 1.74. The van der Waals surface area contributed by atoms with Gasteiger partial charge < -0.3 is 15.5 Å². The molecule has 0 aliphatic rings. The molecule has 0 fully saturated rings. The highest BCUT2D eigenvalue weighted by Gasteiger charge is 2.10. The fourth-order valence-corrected chi connectivity index (χ4v) is 3.28. The predicted molar refractivity (Wildman–Crippen MR) is 108 cm³/mol. The molecule has 7 heteroatoms. The van der Waals surface area contributed by atoms with Crippen LogP contribution < -0.4 is 10.6 Å². The van der Waals surface area contributed by atoms with E-state index in [0.29, 0.717) is 0 Å². The quantitative estimate of drug-likeness (QED) is 0.288. The minimum Gasteiger partial charge on any atom is -0.355 e. The smallest absolute Gasteiger partial charge is 0.193 e. The first-order chi connectivity index (χ1) is 9.31. The Morgan fingerprint density at radius 2 is 2.00 bits per heavy atom. The van der Waals surface area contributed by atoms with Crippen molar-refractivity contribution in [2.45, 2.75) is 32.9 Å². The van der Waals surface area contributed by atoms with E-state index in [0.717, 1.165) is 25.6 Å². The second-order valence-electron chi connectivity index (χ2n) is 5.71. The lowest BCUT2D eigenvalue weighted by Crippen LogP contribution is -2.44. The third-order valence-electron chi connectivity index (χ3n) is 2.66. The maximum Gasteiger partial charge on any atom is 0.193 e. The summed E-state index contributed by atoms with van der Waals surface area (Å²) in [6.07, 6.45) is 0. The monoisotopic (exact) mass is 488 g/mol. The van der Waals surface area contributed by atoms with Gasteiger partial charge in [-0.15, -0.1) is 35.3 Å². The highest BCUT2D eigenvalue weighted by molar-refractivity contribution is 14.0. The lowest BCUT2D eigenvalue weighted by Gasteiger charge is -2.24. The number of rotatable bonds is 5. The molecule has 0 unspecified atom stereocenters. The van der Waals surface area contributed by atoms with Crippen LogP contribution in [0.15, 0.2) is 20.9 Å². The molecule has 122 valence electrons. The molecule has 0 bridgehead atoms. The molecule has 0 atom stereocenters. The summed E-state index contributed by atoms with van der Waals surface area (Å²) in [5.74, 6) is 0.922. The number of nitrogens with one attached hydrogen (secondary N) is 2. The topological polar surface area (TPSA) is 39.7 Å². The fraction of sp³-hybridized carbons (Fsp3) is 0.643. The van der Waals surface area contributed by atoms with Crippen LogP contribution in [-0.2, 0) is 6.54 Å². The average molecular weight is 489 g/mol. The van der Waals surface area contributed by atoms with Gasteiger partial charge in [-0.3, -0.25) is 4.99 Å². The Balaban J connectivity index is 0.00000400. The van der Waals surface area contributed by atoms with Crippen molar-refractivity contribution in [3.63, 3.8) is 0 Å². The van der Waals surface area contributed by atoms with E-state index in [2.05, 4.69) is 76.4 Å². The third kappa shape index (κ3) is 9.00. The van der Waals surface area contributed by atoms with Crippen molar-refractivity contribution < 1.29 is 0 Å². The van der Waals surface area contributed by atoms with Gasteiger partial charge >= 0.3 is 0 Å². The molecule has 0 amide bonds. The van der Waals surface area contributed by atoms with Crippen LogP contribution in [0.25, 0.3) is 0 Å². The number of hydrogen-bond donors (Lipinski definition) is 2. The van der Waals surface area contributed by atoms with Gasteiger partial charge in [0.25, 0.3) is 0 Å². The van der Waals surface area contributed by atoms with Crippen LogP contribution in [0.3, 0.4) is 0 Å². The molecule has 0 aromatic carbocycles. The molecule has 1 aromatic rings. The molecule has 0 spiro atoms. The van der Waals surface area contributed by atoms with E-state index in [1.165, 1.54) is 8.66 Å². The molecule has 0 aliphatic heterocycles. The first-order valence-electron chi connectivity index (χ1n) is 6.73. The second-order valence-corrected chi connectivity index (χ2v) is 8.26. The minimum absolute atomic E-state index is 0. The highest BCUT2D eigenvalue weighted by Crippen LogP contribution is 2.22. The van der Waals surface area contributed by atoms with Gasteiger partial charge in [-0.25, -0.2) is 0 Å². The van der Waals surface area contributed by atoms with E-state index >= 15 is 0 Å². The van der Waals surface area contributed by atoms with Gasteiger partial charge in [0, 0.05) is 37.6 Å². The zero-order chi connectivity index (χ0) is 15.2. The van der Waals surface area contributed by atoms with E-state index in [9.17, 15) is 0 Å². The lowest BCUT2D eigenvalue weighted by atomic mass is 10.1. The van der Waals surface area contributed by atoms with E-state index in [4.69, 9.17) is 0 Å². The lowest BCUT2D eigenvalue weighted by molar-refractivity contribution is 0.422. The highest BCUT2D eigenvalue weighted by atomic mass is 127.